The molecule has 3 rings (SSSR count). The van der Waals surface area contributed by atoms with Crippen LogP contribution >= 0.6 is 0 Å². The van der Waals surface area contributed by atoms with Crippen LogP contribution < -0.4 is 16.0 Å². The molecule has 0 bridgehead atoms. The Labute approximate surface area is 219 Å². The van der Waals surface area contributed by atoms with E-state index in [2.05, 4.69) is 45.7 Å². The smallest absolute Gasteiger partial charge is 0.378 e. The fraction of sp³-hybridized carbons (Fsp3) is 0.407. The van der Waals surface area contributed by atoms with Gasteiger partial charge in [-0.05, 0) is 42.7 Å². The second kappa shape index (κ2) is 11.8. The Morgan fingerprint density at radius 2 is 1.89 bits per heavy atom. The summed E-state index contributed by atoms with van der Waals surface area (Å²) in [5, 5.41) is 8.01. The summed E-state index contributed by atoms with van der Waals surface area (Å²) in [4.78, 5) is 9.89. The molecule has 1 fully saturated rings. The van der Waals surface area contributed by atoms with E-state index < -0.39 is 23.8 Å². The first-order valence-electron chi connectivity index (χ1n) is 12.3. The maximum absolute atomic E-state index is 14.8. The second-order valence-corrected chi connectivity index (χ2v) is 9.14. The monoisotopic (exact) mass is 536 g/mol. The van der Waals surface area contributed by atoms with Gasteiger partial charge in [-0.3, -0.25) is 4.98 Å². The van der Waals surface area contributed by atoms with Crippen molar-refractivity contribution in [3.05, 3.63) is 90.4 Å². The molecule has 3 N–H and O–H groups in total. The van der Waals surface area contributed by atoms with Gasteiger partial charge in [-0.15, -0.1) is 0 Å². The largest absolute Gasteiger partial charge is 0.410 e. The number of rotatable bonds is 12. The van der Waals surface area contributed by atoms with Crippen LogP contribution in [0, 0.1) is 0 Å². The van der Waals surface area contributed by atoms with Crippen molar-refractivity contribution < 1.29 is 22.0 Å². The lowest BCUT2D eigenvalue weighted by molar-refractivity contribution is -0.150. The van der Waals surface area contributed by atoms with Crippen LogP contribution in [0.4, 0.5) is 27.8 Å². The molecule has 0 amide bonds. The molecule has 2 atom stereocenters. The first-order valence-corrected chi connectivity index (χ1v) is 12.3. The van der Waals surface area contributed by atoms with Crippen molar-refractivity contribution in [1.82, 2.24) is 25.5 Å². The average Bonchev–Trinajstić information content (AvgIpc) is 3.27. The van der Waals surface area contributed by atoms with Gasteiger partial charge >= 0.3 is 12.1 Å². The maximum atomic E-state index is 14.8. The van der Waals surface area contributed by atoms with Crippen LogP contribution in [0.5, 0.6) is 0 Å². The Bertz CT molecular complexity index is 1150. The molecule has 3 heterocycles. The Kier molecular flexibility index (Phi) is 9.01. The standard InChI is InChI=1S/C27H33F5N6/c1-6-8-23(38-16-24(27(30,31)32)37-19(38)5)20-11-12-33-25(13-20)36-17(3)14-34-18(4)26(28,29)21-9-10-22(7-2)35-15-21/h9-13,15,23-24,34,37H,3-8,14,16H2,1-2H3,(H,33,36). The number of allylic oxidation sites excluding steroid dienone is 1. The van der Waals surface area contributed by atoms with Crippen LogP contribution in [-0.4, -0.2) is 40.2 Å². The summed E-state index contributed by atoms with van der Waals surface area (Å²) in [6.07, 6.45) is 0.264. The van der Waals surface area contributed by atoms with Crippen molar-refractivity contribution >= 4 is 5.82 Å². The average molecular weight is 537 g/mol. The molecule has 2 aromatic heterocycles. The Balaban J connectivity index is 1.64. The molecule has 206 valence electrons. The third kappa shape index (κ3) is 6.81. The number of nitrogens with one attached hydrogen (secondary N) is 3. The molecule has 1 saturated heterocycles. The lowest BCUT2D eigenvalue weighted by atomic mass is 10.0. The van der Waals surface area contributed by atoms with E-state index in [0.29, 0.717) is 30.1 Å². The molecule has 1 aliphatic rings. The molecular formula is C27H33F5N6. The molecule has 0 aromatic carbocycles. The van der Waals surface area contributed by atoms with Gasteiger partial charge < -0.3 is 20.9 Å². The molecule has 0 spiro atoms. The normalized spacial score (nSPS) is 16.7. The van der Waals surface area contributed by atoms with Gasteiger partial charge in [0.15, 0.2) is 0 Å². The zero-order valence-corrected chi connectivity index (χ0v) is 21.5. The molecule has 0 radical (unpaired) electrons. The number of halogens is 5. The van der Waals surface area contributed by atoms with E-state index in [1.807, 2.05) is 13.8 Å². The summed E-state index contributed by atoms with van der Waals surface area (Å²) in [7, 11) is 0. The van der Waals surface area contributed by atoms with Gasteiger partial charge in [0.2, 0.25) is 0 Å². The topological polar surface area (TPSA) is 65.1 Å². The highest BCUT2D eigenvalue weighted by atomic mass is 19.4. The lowest BCUT2D eigenvalue weighted by Gasteiger charge is -2.30. The van der Waals surface area contributed by atoms with Gasteiger partial charge in [0.05, 0.1) is 24.1 Å². The van der Waals surface area contributed by atoms with Gasteiger partial charge in [-0.25, -0.2) is 4.98 Å². The van der Waals surface area contributed by atoms with Crippen molar-refractivity contribution in [2.75, 3.05) is 18.4 Å². The first kappa shape index (κ1) is 28.9. The molecule has 0 aliphatic carbocycles. The molecule has 1 aliphatic heterocycles. The first-order chi connectivity index (χ1) is 17.9. The molecule has 2 unspecified atom stereocenters. The zero-order chi connectivity index (χ0) is 28.1. The summed E-state index contributed by atoms with van der Waals surface area (Å²) in [5.74, 6) is -2.74. The van der Waals surface area contributed by atoms with E-state index in [1.165, 1.54) is 12.3 Å². The number of alkyl halides is 5. The number of hydrogen-bond acceptors (Lipinski definition) is 6. The van der Waals surface area contributed by atoms with Crippen molar-refractivity contribution in [2.45, 2.75) is 57.3 Å². The van der Waals surface area contributed by atoms with Crippen LogP contribution in [0.1, 0.15) is 49.6 Å². The molecule has 2 aromatic rings. The zero-order valence-electron chi connectivity index (χ0n) is 21.5. The number of nitrogens with zero attached hydrogens (tertiary/aromatic N) is 3. The number of anilines is 1. The third-order valence-electron chi connectivity index (χ3n) is 6.32. The summed E-state index contributed by atoms with van der Waals surface area (Å²) in [5.41, 5.74) is 1.03. The summed E-state index contributed by atoms with van der Waals surface area (Å²) in [6.45, 7) is 14.7. The van der Waals surface area contributed by atoms with Crippen molar-refractivity contribution in [2.24, 2.45) is 0 Å². The van der Waals surface area contributed by atoms with E-state index in [1.54, 1.807) is 23.1 Å². The maximum Gasteiger partial charge on any atom is 0.410 e. The van der Waals surface area contributed by atoms with Crippen LogP contribution in [0.25, 0.3) is 0 Å². The van der Waals surface area contributed by atoms with Gasteiger partial charge in [-0.1, -0.05) is 40.0 Å². The Hall–Kier alpha value is -3.63. The van der Waals surface area contributed by atoms with Gasteiger partial charge in [0, 0.05) is 35.9 Å². The number of hydrogen-bond donors (Lipinski definition) is 3. The Morgan fingerprint density at radius 1 is 1.16 bits per heavy atom. The fourth-order valence-corrected chi connectivity index (χ4v) is 4.18. The lowest BCUT2D eigenvalue weighted by Crippen LogP contribution is -2.39. The van der Waals surface area contributed by atoms with E-state index in [9.17, 15) is 22.0 Å². The highest BCUT2D eigenvalue weighted by Crippen LogP contribution is 2.36. The van der Waals surface area contributed by atoms with E-state index in [-0.39, 0.29) is 30.5 Å². The molecule has 11 heteroatoms. The summed E-state index contributed by atoms with van der Waals surface area (Å²) >= 11 is 0. The van der Waals surface area contributed by atoms with E-state index in [0.717, 1.165) is 18.2 Å². The number of aryl methyl sites for hydroxylation is 1. The molecular weight excluding hydrogens is 503 g/mol. The molecule has 38 heavy (non-hydrogen) atoms. The predicted molar refractivity (Wildman–Crippen MR) is 138 cm³/mol. The van der Waals surface area contributed by atoms with Crippen LogP contribution in [0.2, 0.25) is 0 Å². The number of pyridine rings is 2. The molecule has 6 nitrogen and oxygen atoms in total. The van der Waals surface area contributed by atoms with Crippen LogP contribution in [0.3, 0.4) is 0 Å². The van der Waals surface area contributed by atoms with E-state index in [4.69, 9.17) is 0 Å². The minimum atomic E-state index is -4.39. The highest BCUT2D eigenvalue weighted by Gasteiger charge is 2.46. The molecule has 0 saturated carbocycles. The van der Waals surface area contributed by atoms with Gasteiger partial charge in [0.1, 0.15) is 11.9 Å². The van der Waals surface area contributed by atoms with Gasteiger partial charge in [-0.2, -0.15) is 22.0 Å². The third-order valence-corrected chi connectivity index (χ3v) is 6.32. The number of aromatic nitrogens is 2. The van der Waals surface area contributed by atoms with Crippen molar-refractivity contribution in [3.63, 3.8) is 0 Å². The van der Waals surface area contributed by atoms with Crippen LogP contribution in [-0.2, 0) is 12.3 Å². The van der Waals surface area contributed by atoms with Crippen LogP contribution in [0.15, 0.2) is 73.6 Å². The van der Waals surface area contributed by atoms with E-state index >= 15 is 0 Å². The van der Waals surface area contributed by atoms with Crippen molar-refractivity contribution in [1.29, 1.82) is 0 Å². The summed E-state index contributed by atoms with van der Waals surface area (Å²) in [6, 6.07) is 4.29. The minimum Gasteiger partial charge on any atom is -0.378 e. The summed E-state index contributed by atoms with van der Waals surface area (Å²) < 4.78 is 69.4. The minimum absolute atomic E-state index is 0.0562. The Morgan fingerprint density at radius 3 is 2.47 bits per heavy atom. The quantitative estimate of drug-likeness (QED) is 0.289. The van der Waals surface area contributed by atoms with Gasteiger partial charge in [0.25, 0.3) is 0 Å². The second-order valence-electron chi connectivity index (χ2n) is 9.14. The SMILES string of the molecule is C=C(CNC(=C)C(F)(F)c1ccc(CC)nc1)Nc1cc(C(CCC)N2CC(C(F)(F)F)NC2=C)ccn1. The predicted octanol–water partition coefficient (Wildman–Crippen LogP) is 6.01. The highest BCUT2D eigenvalue weighted by molar-refractivity contribution is 5.44. The fourth-order valence-electron chi connectivity index (χ4n) is 4.18. The van der Waals surface area contributed by atoms with Crippen molar-refractivity contribution in [3.8, 4) is 0 Å².